The van der Waals surface area contributed by atoms with E-state index in [0.717, 1.165) is 27.9 Å². The second kappa shape index (κ2) is 9.72. The van der Waals surface area contributed by atoms with Crippen LogP contribution in [0, 0.1) is 0 Å². The summed E-state index contributed by atoms with van der Waals surface area (Å²) in [5, 5.41) is 9.88. The molecule has 9 nitrogen and oxygen atoms in total. The van der Waals surface area contributed by atoms with Crippen molar-refractivity contribution in [3.8, 4) is 0 Å². The molecule has 10 heteroatoms. The lowest BCUT2D eigenvalue weighted by Gasteiger charge is -2.32. The van der Waals surface area contributed by atoms with E-state index in [9.17, 15) is 28.7 Å². The standard InChI is InChI=1S/C13H19FO9/c1-6(15)21-9(5-14)11(22-7(2)16)12(23-8(3)17)10(18)13(19)20-4/h9-12,18H,5H2,1-4H3/t9-,10-,11+,12+/m0/s1. The minimum absolute atomic E-state index is 0.904. The third kappa shape index (κ3) is 7.04. The SMILES string of the molecule is COC(=O)[C@@H](O)[C@@H](OC(C)=O)[C@H](OC(C)=O)[C@H](CF)OC(C)=O. The molecule has 23 heavy (non-hydrogen) atoms. The van der Waals surface area contributed by atoms with Crippen LogP contribution in [0.1, 0.15) is 20.8 Å². The number of hydrogen-bond donors (Lipinski definition) is 1. The summed E-state index contributed by atoms with van der Waals surface area (Å²) < 4.78 is 31.6. The number of carbonyl (C=O) groups excluding carboxylic acids is 4. The Morgan fingerprint density at radius 2 is 1.35 bits per heavy atom. The first-order valence-electron chi connectivity index (χ1n) is 6.47. The van der Waals surface area contributed by atoms with Crippen molar-refractivity contribution in [1.82, 2.24) is 0 Å². The summed E-state index contributed by atoms with van der Waals surface area (Å²) in [6.07, 6.45) is -7.36. The molecule has 0 saturated carbocycles. The van der Waals surface area contributed by atoms with Gasteiger partial charge in [0.1, 0.15) is 6.67 Å². The van der Waals surface area contributed by atoms with Crippen molar-refractivity contribution in [2.24, 2.45) is 0 Å². The molecular weight excluding hydrogens is 319 g/mol. The van der Waals surface area contributed by atoms with Crippen LogP contribution in [0.3, 0.4) is 0 Å². The van der Waals surface area contributed by atoms with Gasteiger partial charge in [0.25, 0.3) is 0 Å². The summed E-state index contributed by atoms with van der Waals surface area (Å²) in [5.74, 6) is -4.00. The van der Waals surface area contributed by atoms with Crippen LogP contribution in [0.25, 0.3) is 0 Å². The van der Waals surface area contributed by atoms with Gasteiger partial charge >= 0.3 is 23.9 Å². The van der Waals surface area contributed by atoms with Gasteiger partial charge in [-0.25, -0.2) is 9.18 Å². The molecule has 0 heterocycles. The van der Waals surface area contributed by atoms with E-state index >= 15 is 0 Å². The Hall–Kier alpha value is -2.23. The highest BCUT2D eigenvalue weighted by molar-refractivity contribution is 5.76. The van der Waals surface area contributed by atoms with Crippen LogP contribution < -0.4 is 0 Å². The van der Waals surface area contributed by atoms with E-state index in [1.54, 1.807) is 0 Å². The van der Waals surface area contributed by atoms with E-state index in [1.165, 1.54) is 0 Å². The van der Waals surface area contributed by atoms with Gasteiger partial charge in [-0.1, -0.05) is 0 Å². The van der Waals surface area contributed by atoms with Crippen LogP contribution in [0.2, 0.25) is 0 Å². The fraction of sp³-hybridized carbons (Fsp3) is 0.692. The third-order valence-electron chi connectivity index (χ3n) is 2.52. The molecule has 0 spiro atoms. The van der Waals surface area contributed by atoms with Crippen molar-refractivity contribution >= 4 is 23.9 Å². The Morgan fingerprint density at radius 1 is 0.913 bits per heavy atom. The van der Waals surface area contributed by atoms with Crippen LogP contribution in [0.15, 0.2) is 0 Å². The summed E-state index contributed by atoms with van der Waals surface area (Å²) >= 11 is 0. The lowest BCUT2D eigenvalue weighted by molar-refractivity contribution is -0.198. The molecule has 0 unspecified atom stereocenters. The zero-order valence-corrected chi connectivity index (χ0v) is 13.1. The fourth-order valence-corrected chi connectivity index (χ4v) is 1.70. The zero-order chi connectivity index (χ0) is 18.2. The molecule has 0 aromatic rings. The topological polar surface area (TPSA) is 125 Å². The minimum atomic E-state index is -2.09. The Bertz CT molecular complexity index is 451. The van der Waals surface area contributed by atoms with E-state index in [0.29, 0.717) is 0 Å². The molecular formula is C13H19FO9. The highest BCUT2D eigenvalue weighted by Crippen LogP contribution is 2.18. The first-order chi connectivity index (χ1) is 10.6. The summed E-state index contributed by atoms with van der Waals surface area (Å²) in [6.45, 7) is 1.58. The van der Waals surface area contributed by atoms with Crippen LogP contribution in [0.5, 0.6) is 0 Å². The second-order valence-electron chi connectivity index (χ2n) is 4.42. The van der Waals surface area contributed by atoms with E-state index < -0.39 is 55.0 Å². The number of methoxy groups -OCH3 is 1. The Kier molecular flexibility index (Phi) is 8.78. The molecule has 1 N–H and O–H groups in total. The van der Waals surface area contributed by atoms with E-state index in [2.05, 4.69) is 9.47 Å². The second-order valence-corrected chi connectivity index (χ2v) is 4.42. The van der Waals surface area contributed by atoms with Crippen molar-refractivity contribution in [2.45, 2.75) is 45.2 Å². The van der Waals surface area contributed by atoms with Gasteiger partial charge in [0, 0.05) is 20.8 Å². The normalized spacial score (nSPS) is 15.6. The molecule has 0 aromatic carbocycles. The van der Waals surface area contributed by atoms with Crippen molar-refractivity contribution in [2.75, 3.05) is 13.8 Å². The fourth-order valence-electron chi connectivity index (χ4n) is 1.70. The lowest BCUT2D eigenvalue weighted by Crippen LogP contribution is -2.53. The summed E-state index contributed by atoms with van der Waals surface area (Å²) in [4.78, 5) is 44.8. The first kappa shape index (κ1) is 20.8. The molecule has 0 aliphatic heterocycles. The first-order valence-corrected chi connectivity index (χ1v) is 6.47. The van der Waals surface area contributed by atoms with Crippen LogP contribution in [0.4, 0.5) is 4.39 Å². The number of aliphatic hydroxyl groups is 1. The lowest BCUT2D eigenvalue weighted by atomic mass is 10.0. The van der Waals surface area contributed by atoms with Gasteiger partial charge < -0.3 is 24.1 Å². The minimum Gasteiger partial charge on any atom is -0.467 e. The molecule has 0 fully saturated rings. The number of halogens is 1. The van der Waals surface area contributed by atoms with Crippen LogP contribution >= 0.6 is 0 Å². The monoisotopic (exact) mass is 338 g/mol. The number of hydrogen-bond acceptors (Lipinski definition) is 9. The maximum absolute atomic E-state index is 13.2. The third-order valence-corrected chi connectivity index (χ3v) is 2.52. The molecule has 0 saturated heterocycles. The predicted molar refractivity (Wildman–Crippen MR) is 70.7 cm³/mol. The average molecular weight is 338 g/mol. The zero-order valence-electron chi connectivity index (χ0n) is 13.1. The highest BCUT2D eigenvalue weighted by Gasteiger charge is 2.44. The molecule has 0 rings (SSSR count). The molecule has 0 aromatic heterocycles. The summed E-state index contributed by atoms with van der Waals surface area (Å²) in [6, 6.07) is 0. The smallest absolute Gasteiger partial charge is 0.338 e. The van der Waals surface area contributed by atoms with E-state index in [1.807, 2.05) is 0 Å². The quantitative estimate of drug-likeness (QED) is 0.451. The van der Waals surface area contributed by atoms with Gasteiger partial charge in [0.15, 0.2) is 24.4 Å². The van der Waals surface area contributed by atoms with Gasteiger partial charge in [-0.2, -0.15) is 0 Å². The van der Waals surface area contributed by atoms with E-state index in [4.69, 9.17) is 9.47 Å². The summed E-state index contributed by atoms with van der Waals surface area (Å²) in [7, 11) is 0.954. The van der Waals surface area contributed by atoms with Crippen molar-refractivity contribution in [3.63, 3.8) is 0 Å². The summed E-state index contributed by atoms with van der Waals surface area (Å²) in [5.41, 5.74) is 0. The van der Waals surface area contributed by atoms with Crippen LogP contribution in [-0.4, -0.2) is 67.2 Å². The van der Waals surface area contributed by atoms with Gasteiger partial charge in [0.05, 0.1) is 7.11 Å². The highest BCUT2D eigenvalue weighted by atomic mass is 19.1. The van der Waals surface area contributed by atoms with E-state index in [-0.39, 0.29) is 0 Å². The molecule has 4 atom stereocenters. The number of carbonyl (C=O) groups is 4. The molecule has 0 bridgehead atoms. The number of alkyl halides is 1. The average Bonchev–Trinajstić information content (AvgIpc) is 2.46. The van der Waals surface area contributed by atoms with Gasteiger partial charge in [-0.3, -0.25) is 14.4 Å². The molecule has 0 amide bonds. The molecule has 0 radical (unpaired) electrons. The Labute approximate surface area is 131 Å². The van der Waals surface area contributed by atoms with Gasteiger partial charge in [-0.05, 0) is 0 Å². The number of rotatable bonds is 8. The van der Waals surface area contributed by atoms with Crippen molar-refractivity contribution < 1.29 is 47.6 Å². The molecule has 0 aliphatic carbocycles. The number of esters is 4. The van der Waals surface area contributed by atoms with Gasteiger partial charge in [0.2, 0.25) is 0 Å². The Balaban J connectivity index is 5.67. The molecule has 0 aliphatic rings. The predicted octanol–water partition coefficient (Wildman–Crippen LogP) is -0.715. The maximum atomic E-state index is 13.2. The maximum Gasteiger partial charge on any atom is 0.338 e. The van der Waals surface area contributed by atoms with Crippen molar-refractivity contribution in [1.29, 1.82) is 0 Å². The number of aliphatic hydroxyl groups excluding tert-OH is 1. The van der Waals surface area contributed by atoms with Crippen molar-refractivity contribution in [3.05, 3.63) is 0 Å². The van der Waals surface area contributed by atoms with Crippen LogP contribution in [-0.2, 0) is 38.1 Å². The van der Waals surface area contributed by atoms with Gasteiger partial charge in [-0.15, -0.1) is 0 Å². The Morgan fingerprint density at radius 3 is 1.70 bits per heavy atom. The number of ether oxygens (including phenoxy) is 4. The largest absolute Gasteiger partial charge is 0.467 e. The molecule has 132 valence electrons.